The van der Waals surface area contributed by atoms with Crippen LogP contribution in [0, 0.1) is 6.92 Å². The van der Waals surface area contributed by atoms with Gasteiger partial charge in [0.2, 0.25) is 0 Å². The SMILES string of the molecule is Cc1ccc(C(CCN2CCCCC2)c2ccccc2)cc1. The van der Waals surface area contributed by atoms with Gasteiger partial charge >= 0.3 is 0 Å². The first-order valence-corrected chi connectivity index (χ1v) is 8.67. The lowest BCUT2D eigenvalue weighted by molar-refractivity contribution is 0.223. The van der Waals surface area contributed by atoms with Gasteiger partial charge in [-0.3, -0.25) is 0 Å². The van der Waals surface area contributed by atoms with Crippen LogP contribution >= 0.6 is 0 Å². The van der Waals surface area contributed by atoms with Crippen molar-refractivity contribution >= 4 is 0 Å². The molecule has 0 aliphatic carbocycles. The van der Waals surface area contributed by atoms with Crippen molar-refractivity contribution in [1.82, 2.24) is 4.90 Å². The molecule has 0 spiro atoms. The summed E-state index contributed by atoms with van der Waals surface area (Å²) < 4.78 is 0. The molecule has 1 atom stereocenters. The Kier molecular flexibility index (Phi) is 5.29. The van der Waals surface area contributed by atoms with Crippen molar-refractivity contribution in [3.05, 3.63) is 71.3 Å². The minimum absolute atomic E-state index is 0.517. The van der Waals surface area contributed by atoms with E-state index in [1.807, 2.05) is 0 Å². The monoisotopic (exact) mass is 293 g/mol. The molecule has 0 aromatic heterocycles. The van der Waals surface area contributed by atoms with Gasteiger partial charge in [0, 0.05) is 5.92 Å². The number of likely N-dealkylation sites (tertiary alicyclic amines) is 1. The van der Waals surface area contributed by atoms with E-state index in [1.165, 1.54) is 62.0 Å². The largest absolute Gasteiger partial charge is 0.303 e. The van der Waals surface area contributed by atoms with Gasteiger partial charge in [0.1, 0.15) is 0 Å². The van der Waals surface area contributed by atoms with E-state index in [9.17, 15) is 0 Å². The van der Waals surface area contributed by atoms with Crippen LogP contribution in [0.25, 0.3) is 0 Å². The minimum Gasteiger partial charge on any atom is -0.303 e. The van der Waals surface area contributed by atoms with E-state index in [-0.39, 0.29) is 0 Å². The maximum atomic E-state index is 2.65. The lowest BCUT2D eigenvalue weighted by Gasteiger charge is -2.28. The summed E-state index contributed by atoms with van der Waals surface area (Å²) in [4.78, 5) is 2.65. The van der Waals surface area contributed by atoms with E-state index in [4.69, 9.17) is 0 Å². The van der Waals surface area contributed by atoms with Gasteiger partial charge in [-0.1, -0.05) is 66.6 Å². The summed E-state index contributed by atoms with van der Waals surface area (Å²) >= 11 is 0. The van der Waals surface area contributed by atoms with Crippen molar-refractivity contribution in [1.29, 1.82) is 0 Å². The van der Waals surface area contributed by atoms with Crippen LogP contribution in [-0.2, 0) is 0 Å². The number of rotatable bonds is 5. The fourth-order valence-electron chi connectivity index (χ4n) is 3.50. The molecule has 0 N–H and O–H groups in total. The Morgan fingerprint density at radius 2 is 1.45 bits per heavy atom. The molecule has 22 heavy (non-hydrogen) atoms. The van der Waals surface area contributed by atoms with Gasteiger partial charge in [0.05, 0.1) is 0 Å². The lowest BCUT2D eigenvalue weighted by Crippen LogP contribution is -2.31. The lowest BCUT2D eigenvalue weighted by atomic mass is 9.88. The maximum Gasteiger partial charge on any atom is 0.0101 e. The molecule has 1 aliphatic heterocycles. The van der Waals surface area contributed by atoms with Gasteiger partial charge in [-0.05, 0) is 56.9 Å². The standard InChI is InChI=1S/C21H27N/c1-18-10-12-20(13-11-18)21(19-8-4-2-5-9-19)14-17-22-15-6-3-7-16-22/h2,4-5,8-13,21H,3,6-7,14-17H2,1H3. The molecule has 1 heteroatoms. The number of aryl methyl sites for hydroxylation is 1. The third kappa shape index (κ3) is 3.98. The van der Waals surface area contributed by atoms with E-state index in [0.717, 1.165) is 0 Å². The number of nitrogens with zero attached hydrogens (tertiary/aromatic N) is 1. The van der Waals surface area contributed by atoms with Crippen molar-refractivity contribution in [3.63, 3.8) is 0 Å². The Bertz CT molecular complexity index is 552. The minimum atomic E-state index is 0.517. The van der Waals surface area contributed by atoms with Gasteiger partial charge in [-0.25, -0.2) is 0 Å². The van der Waals surface area contributed by atoms with Crippen LogP contribution in [0.15, 0.2) is 54.6 Å². The summed E-state index contributed by atoms with van der Waals surface area (Å²) in [6.07, 6.45) is 5.38. The summed E-state index contributed by atoms with van der Waals surface area (Å²) in [6, 6.07) is 20.1. The van der Waals surface area contributed by atoms with Crippen LogP contribution in [-0.4, -0.2) is 24.5 Å². The van der Waals surface area contributed by atoms with E-state index in [1.54, 1.807) is 0 Å². The zero-order valence-corrected chi connectivity index (χ0v) is 13.7. The Hall–Kier alpha value is -1.60. The zero-order valence-electron chi connectivity index (χ0n) is 13.7. The molecule has 1 nitrogen and oxygen atoms in total. The van der Waals surface area contributed by atoms with Gasteiger partial charge in [-0.15, -0.1) is 0 Å². The second-order valence-corrected chi connectivity index (χ2v) is 6.56. The van der Waals surface area contributed by atoms with Crippen molar-refractivity contribution < 1.29 is 0 Å². The van der Waals surface area contributed by atoms with E-state index in [0.29, 0.717) is 5.92 Å². The Labute approximate surface area is 135 Å². The second-order valence-electron chi connectivity index (χ2n) is 6.56. The van der Waals surface area contributed by atoms with E-state index >= 15 is 0 Å². The van der Waals surface area contributed by atoms with Crippen LogP contribution in [0.2, 0.25) is 0 Å². The molecule has 0 bridgehead atoms. The van der Waals surface area contributed by atoms with Crippen molar-refractivity contribution in [3.8, 4) is 0 Å². The molecular weight excluding hydrogens is 266 g/mol. The predicted molar refractivity (Wildman–Crippen MR) is 94.4 cm³/mol. The van der Waals surface area contributed by atoms with Crippen molar-refractivity contribution in [2.45, 2.75) is 38.5 Å². The smallest absolute Gasteiger partial charge is 0.0101 e. The number of piperidine rings is 1. The van der Waals surface area contributed by atoms with Crippen LogP contribution < -0.4 is 0 Å². The summed E-state index contributed by atoms with van der Waals surface area (Å²) in [5, 5.41) is 0. The van der Waals surface area contributed by atoms with Crippen LogP contribution in [0.4, 0.5) is 0 Å². The Balaban J connectivity index is 1.75. The van der Waals surface area contributed by atoms with Crippen LogP contribution in [0.5, 0.6) is 0 Å². The highest BCUT2D eigenvalue weighted by molar-refractivity contribution is 5.33. The predicted octanol–water partition coefficient (Wildman–Crippen LogP) is 5.00. The molecule has 3 rings (SSSR count). The highest BCUT2D eigenvalue weighted by Crippen LogP contribution is 2.28. The summed E-state index contributed by atoms with van der Waals surface area (Å²) in [5.74, 6) is 0.517. The Morgan fingerprint density at radius 1 is 0.818 bits per heavy atom. The van der Waals surface area contributed by atoms with Gasteiger partial charge in [0.25, 0.3) is 0 Å². The molecule has 2 aromatic carbocycles. The van der Waals surface area contributed by atoms with E-state index < -0.39 is 0 Å². The topological polar surface area (TPSA) is 3.24 Å². The highest BCUT2D eigenvalue weighted by atomic mass is 15.1. The first kappa shape index (κ1) is 15.3. The average molecular weight is 293 g/mol. The summed E-state index contributed by atoms with van der Waals surface area (Å²) in [6.45, 7) is 5.95. The van der Waals surface area contributed by atoms with Crippen molar-refractivity contribution in [2.24, 2.45) is 0 Å². The maximum absolute atomic E-state index is 2.65. The fourth-order valence-corrected chi connectivity index (χ4v) is 3.50. The summed E-state index contributed by atoms with van der Waals surface area (Å²) in [5.41, 5.74) is 4.24. The quantitative estimate of drug-likeness (QED) is 0.749. The van der Waals surface area contributed by atoms with Gasteiger partial charge < -0.3 is 4.90 Å². The summed E-state index contributed by atoms with van der Waals surface area (Å²) in [7, 11) is 0. The normalized spacial score (nSPS) is 17.3. The van der Waals surface area contributed by atoms with E-state index in [2.05, 4.69) is 66.4 Å². The fraction of sp³-hybridized carbons (Fsp3) is 0.429. The van der Waals surface area contributed by atoms with Crippen LogP contribution in [0.3, 0.4) is 0 Å². The molecule has 1 aliphatic rings. The third-order valence-electron chi connectivity index (χ3n) is 4.86. The number of hydrogen-bond donors (Lipinski definition) is 0. The Morgan fingerprint density at radius 3 is 2.14 bits per heavy atom. The van der Waals surface area contributed by atoms with Crippen molar-refractivity contribution in [2.75, 3.05) is 19.6 Å². The van der Waals surface area contributed by atoms with Crippen LogP contribution in [0.1, 0.15) is 48.3 Å². The second kappa shape index (κ2) is 7.60. The molecule has 116 valence electrons. The molecule has 0 radical (unpaired) electrons. The average Bonchev–Trinajstić information content (AvgIpc) is 2.58. The molecular formula is C21H27N. The van der Waals surface area contributed by atoms with Gasteiger partial charge in [-0.2, -0.15) is 0 Å². The van der Waals surface area contributed by atoms with Gasteiger partial charge in [0.15, 0.2) is 0 Å². The molecule has 2 aromatic rings. The highest BCUT2D eigenvalue weighted by Gasteiger charge is 2.17. The molecule has 1 unspecified atom stereocenters. The third-order valence-corrected chi connectivity index (χ3v) is 4.86. The molecule has 1 saturated heterocycles. The first-order chi connectivity index (χ1) is 10.8. The molecule has 1 heterocycles. The molecule has 0 amide bonds. The zero-order chi connectivity index (χ0) is 15.2. The number of benzene rings is 2. The first-order valence-electron chi connectivity index (χ1n) is 8.67. The number of hydrogen-bond acceptors (Lipinski definition) is 1. The molecule has 1 fully saturated rings. The molecule has 0 saturated carbocycles.